The van der Waals surface area contributed by atoms with Crippen LogP contribution in [0.2, 0.25) is 0 Å². The van der Waals surface area contributed by atoms with E-state index >= 15 is 0 Å². The summed E-state index contributed by atoms with van der Waals surface area (Å²) in [5.41, 5.74) is 0. The summed E-state index contributed by atoms with van der Waals surface area (Å²) < 4.78 is 4.94. The van der Waals surface area contributed by atoms with Crippen molar-refractivity contribution in [3.63, 3.8) is 0 Å². The molecule has 0 unspecified atom stereocenters. The van der Waals surface area contributed by atoms with Gasteiger partial charge in [0, 0.05) is 12.1 Å². The zero-order chi connectivity index (χ0) is 10.7. The highest BCUT2D eigenvalue weighted by molar-refractivity contribution is 7.80. The second-order valence-electron chi connectivity index (χ2n) is 3.90. The van der Waals surface area contributed by atoms with Gasteiger partial charge in [-0.25, -0.2) is 0 Å². The Labute approximate surface area is 94.4 Å². The van der Waals surface area contributed by atoms with Crippen LogP contribution >= 0.6 is 12.2 Å². The predicted molar refractivity (Wildman–Crippen MR) is 62.9 cm³/mol. The van der Waals surface area contributed by atoms with E-state index in [0.29, 0.717) is 17.0 Å². The van der Waals surface area contributed by atoms with Gasteiger partial charge in [-0.05, 0) is 32.0 Å². The molecule has 1 heterocycles. The summed E-state index contributed by atoms with van der Waals surface area (Å²) in [6, 6.07) is 2.35. The van der Waals surface area contributed by atoms with Gasteiger partial charge >= 0.3 is 0 Å². The standard InChI is InChI=1S/C10H15N3OS/c1-7-6-9(13-14-7)12-10(15)11-8-4-2-3-5-8/h6,8H,2-5H2,1H3,(H2,11,12,13,15). The summed E-state index contributed by atoms with van der Waals surface area (Å²) in [6.07, 6.45) is 5.01. The van der Waals surface area contributed by atoms with Gasteiger partial charge in [-0.2, -0.15) is 0 Å². The summed E-state index contributed by atoms with van der Waals surface area (Å²) in [5.74, 6) is 1.45. The van der Waals surface area contributed by atoms with E-state index in [1.165, 1.54) is 25.7 Å². The number of nitrogens with one attached hydrogen (secondary N) is 2. The summed E-state index contributed by atoms with van der Waals surface area (Å²) in [7, 11) is 0. The largest absolute Gasteiger partial charge is 0.360 e. The Hall–Kier alpha value is -1.10. The van der Waals surface area contributed by atoms with Gasteiger partial charge in [0.1, 0.15) is 5.76 Å². The molecule has 1 aliphatic carbocycles. The molecule has 4 nitrogen and oxygen atoms in total. The average Bonchev–Trinajstić information content (AvgIpc) is 2.77. The van der Waals surface area contributed by atoms with E-state index in [-0.39, 0.29) is 0 Å². The molecule has 0 spiro atoms. The molecule has 1 aliphatic rings. The minimum absolute atomic E-state index is 0.526. The number of thiocarbonyl (C=S) groups is 1. The van der Waals surface area contributed by atoms with Crippen molar-refractivity contribution in [3.05, 3.63) is 11.8 Å². The van der Waals surface area contributed by atoms with Crippen LogP contribution < -0.4 is 10.6 Å². The third kappa shape index (κ3) is 2.92. The van der Waals surface area contributed by atoms with Crippen molar-refractivity contribution < 1.29 is 4.52 Å². The van der Waals surface area contributed by atoms with Gasteiger partial charge in [0.2, 0.25) is 0 Å². The van der Waals surface area contributed by atoms with Gasteiger partial charge in [-0.3, -0.25) is 0 Å². The molecule has 1 saturated carbocycles. The topological polar surface area (TPSA) is 50.1 Å². The molecule has 0 aliphatic heterocycles. The lowest BCUT2D eigenvalue weighted by atomic mass is 10.3. The number of nitrogens with zero attached hydrogens (tertiary/aromatic N) is 1. The second-order valence-corrected chi connectivity index (χ2v) is 4.31. The highest BCUT2D eigenvalue weighted by Crippen LogP contribution is 2.17. The molecule has 2 rings (SSSR count). The summed E-state index contributed by atoms with van der Waals surface area (Å²) >= 11 is 5.18. The van der Waals surface area contributed by atoms with Crippen LogP contribution in [0.3, 0.4) is 0 Å². The van der Waals surface area contributed by atoms with Crippen molar-refractivity contribution >= 4 is 23.1 Å². The number of hydrogen-bond donors (Lipinski definition) is 2. The Kier molecular flexibility index (Phi) is 3.20. The van der Waals surface area contributed by atoms with Gasteiger partial charge < -0.3 is 15.2 Å². The van der Waals surface area contributed by atoms with Crippen LogP contribution in [0.15, 0.2) is 10.6 Å². The van der Waals surface area contributed by atoms with Crippen LogP contribution in [0.4, 0.5) is 5.82 Å². The Bertz CT molecular complexity index is 344. The summed E-state index contributed by atoms with van der Waals surface area (Å²) in [6.45, 7) is 1.85. The third-order valence-corrected chi connectivity index (χ3v) is 2.78. The van der Waals surface area contributed by atoms with E-state index in [9.17, 15) is 0 Å². The van der Waals surface area contributed by atoms with Gasteiger partial charge in [-0.1, -0.05) is 18.0 Å². The number of aryl methyl sites for hydroxylation is 1. The number of rotatable bonds is 2. The van der Waals surface area contributed by atoms with Crippen molar-refractivity contribution in [2.45, 2.75) is 38.6 Å². The molecular formula is C10H15N3OS. The first kappa shape index (κ1) is 10.4. The van der Waals surface area contributed by atoms with Crippen LogP contribution in [0, 0.1) is 6.92 Å². The van der Waals surface area contributed by atoms with Crippen LogP contribution in [0.1, 0.15) is 31.4 Å². The van der Waals surface area contributed by atoms with Gasteiger partial charge in [0.15, 0.2) is 10.9 Å². The highest BCUT2D eigenvalue weighted by atomic mass is 32.1. The Balaban J connectivity index is 1.81. The molecule has 0 atom stereocenters. The van der Waals surface area contributed by atoms with Gasteiger partial charge in [0.25, 0.3) is 0 Å². The molecule has 15 heavy (non-hydrogen) atoms. The lowest BCUT2D eigenvalue weighted by Gasteiger charge is -2.13. The van der Waals surface area contributed by atoms with E-state index in [1.54, 1.807) is 0 Å². The number of aromatic nitrogens is 1. The van der Waals surface area contributed by atoms with Crippen molar-refractivity contribution in [2.75, 3.05) is 5.32 Å². The zero-order valence-electron chi connectivity index (χ0n) is 8.75. The molecule has 0 saturated heterocycles. The first-order valence-electron chi connectivity index (χ1n) is 5.25. The Morgan fingerprint density at radius 1 is 1.53 bits per heavy atom. The van der Waals surface area contributed by atoms with E-state index in [0.717, 1.165) is 5.76 Å². The average molecular weight is 225 g/mol. The fourth-order valence-corrected chi connectivity index (χ4v) is 2.10. The van der Waals surface area contributed by atoms with Crippen LogP contribution in [0.5, 0.6) is 0 Å². The molecule has 0 amide bonds. The molecule has 1 aromatic heterocycles. The zero-order valence-corrected chi connectivity index (χ0v) is 9.56. The minimum atomic E-state index is 0.526. The molecule has 0 radical (unpaired) electrons. The van der Waals surface area contributed by atoms with Crippen molar-refractivity contribution in [3.8, 4) is 0 Å². The predicted octanol–water partition coefficient (Wildman–Crippen LogP) is 2.21. The molecular weight excluding hydrogens is 210 g/mol. The highest BCUT2D eigenvalue weighted by Gasteiger charge is 2.15. The fraction of sp³-hybridized carbons (Fsp3) is 0.600. The molecule has 1 aromatic rings. The van der Waals surface area contributed by atoms with E-state index in [1.807, 2.05) is 13.0 Å². The third-order valence-electron chi connectivity index (χ3n) is 2.56. The number of anilines is 1. The first-order chi connectivity index (χ1) is 7.24. The van der Waals surface area contributed by atoms with Crippen molar-refractivity contribution in [1.29, 1.82) is 0 Å². The molecule has 0 aromatic carbocycles. The van der Waals surface area contributed by atoms with E-state index in [2.05, 4.69) is 15.8 Å². The van der Waals surface area contributed by atoms with Crippen molar-refractivity contribution in [2.24, 2.45) is 0 Å². The summed E-state index contributed by atoms with van der Waals surface area (Å²) in [4.78, 5) is 0. The lowest BCUT2D eigenvalue weighted by Crippen LogP contribution is -2.35. The number of hydrogen-bond acceptors (Lipinski definition) is 3. The fourth-order valence-electron chi connectivity index (χ4n) is 1.83. The maximum absolute atomic E-state index is 5.18. The smallest absolute Gasteiger partial charge is 0.175 e. The molecule has 0 bridgehead atoms. The maximum atomic E-state index is 5.18. The molecule has 1 fully saturated rings. The molecule has 2 N–H and O–H groups in total. The minimum Gasteiger partial charge on any atom is -0.360 e. The van der Waals surface area contributed by atoms with E-state index in [4.69, 9.17) is 16.7 Å². The Morgan fingerprint density at radius 2 is 2.27 bits per heavy atom. The second kappa shape index (κ2) is 4.61. The normalized spacial score (nSPS) is 16.6. The van der Waals surface area contributed by atoms with Crippen molar-refractivity contribution in [1.82, 2.24) is 10.5 Å². The maximum Gasteiger partial charge on any atom is 0.175 e. The molecule has 5 heteroatoms. The van der Waals surface area contributed by atoms with E-state index < -0.39 is 0 Å². The quantitative estimate of drug-likeness (QED) is 0.756. The molecule has 82 valence electrons. The van der Waals surface area contributed by atoms with Crippen LogP contribution in [-0.4, -0.2) is 16.3 Å². The SMILES string of the molecule is Cc1cc(NC(=S)NC2CCCC2)no1. The lowest BCUT2D eigenvalue weighted by molar-refractivity contribution is 0.400. The monoisotopic (exact) mass is 225 g/mol. The Morgan fingerprint density at radius 3 is 2.87 bits per heavy atom. The first-order valence-corrected chi connectivity index (χ1v) is 5.66. The summed E-state index contributed by atoms with van der Waals surface area (Å²) in [5, 5.41) is 10.7. The van der Waals surface area contributed by atoms with Crippen LogP contribution in [0.25, 0.3) is 0 Å². The van der Waals surface area contributed by atoms with Crippen LogP contribution in [-0.2, 0) is 0 Å². The van der Waals surface area contributed by atoms with Gasteiger partial charge in [0.05, 0.1) is 0 Å². The van der Waals surface area contributed by atoms with Gasteiger partial charge in [-0.15, -0.1) is 0 Å².